The van der Waals surface area contributed by atoms with Gasteiger partial charge in [-0.15, -0.1) is 0 Å². The molecule has 1 saturated heterocycles. The van der Waals surface area contributed by atoms with Crippen molar-refractivity contribution in [3.63, 3.8) is 0 Å². The van der Waals surface area contributed by atoms with E-state index < -0.39 is 0 Å². The van der Waals surface area contributed by atoms with Crippen LogP contribution in [-0.2, 0) is 11.3 Å². The zero-order valence-electron chi connectivity index (χ0n) is 18.5. The average molecular weight is 431 g/mol. The van der Waals surface area contributed by atoms with Gasteiger partial charge in [0.1, 0.15) is 0 Å². The number of aryl methyl sites for hydroxylation is 4. The minimum atomic E-state index is -0.229. The standard InChI is InChI=1S/C26H26N2O2S/c1-16-7-6-8-21(10-16)15-27-25(29)24(31-26(27)30)14-22-13-19(4)28(20(22)5)23-11-17(2)9-18(3)12-23/h6-14H,15H2,1-5H3/b24-14-. The number of carbonyl (C=O) groups is 2. The van der Waals surface area contributed by atoms with Crippen LogP contribution in [0.15, 0.2) is 53.4 Å². The van der Waals surface area contributed by atoms with E-state index in [4.69, 9.17) is 0 Å². The molecule has 2 heterocycles. The van der Waals surface area contributed by atoms with E-state index in [-0.39, 0.29) is 11.1 Å². The first-order valence-corrected chi connectivity index (χ1v) is 11.1. The number of nitrogens with zero attached hydrogens (tertiary/aromatic N) is 2. The predicted molar refractivity (Wildman–Crippen MR) is 127 cm³/mol. The van der Waals surface area contributed by atoms with Crippen molar-refractivity contribution in [3.8, 4) is 5.69 Å². The van der Waals surface area contributed by atoms with Gasteiger partial charge in [-0.25, -0.2) is 0 Å². The molecule has 0 saturated carbocycles. The van der Waals surface area contributed by atoms with Crippen LogP contribution in [0.5, 0.6) is 0 Å². The van der Waals surface area contributed by atoms with Gasteiger partial charge in [0.2, 0.25) is 0 Å². The molecule has 5 heteroatoms. The zero-order valence-corrected chi connectivity index (χ0v) is 19.3. The Labute approximate surface area is 187 Å². The Morgan fingerprint density at radius 1 is 0.871 bits per heavy atom. The second-order valence-corrected chi connectivity index (χ2v) is 9.26. The Kier molecular flexibility index (Phi) is 5.63. The van der Waals surface area contributed by atoms with Gasteiger partial charge in [0.05, 0.1) is 11.4 Å². The summed E-state index contributed by atoms with van der Waals surface area (Å²) in [5, 5.41) is -0.221. The number of imide groups is 1. The molecule has 1 aliphatic rings. The van der Waals surface area contributed by atoms with Crippen molar-refractivity contribution < 1.29 is 9.59 Å². The van der Waals surface area contributed by atoms with E-state index in [2.05, 4.69) is 49.6 Å². The summed E-state index contributed by atoms with van der Waals surface area (Å²) in [5.41, 5.74) is 8.69. The summed E-state index contributed by atoms with van der Waals surface area (Å²) < 4.78 is 2.20. The first-order chi connectivity index (χ1) is 14.7. The third kappa shape index (κ3) is 4.23. The maximum absolute atomic E-state index is 13.0. The van der Waals surface area contributed by atoms with Crippen LogP contribution in [-0.4, -0.2) is 20.6 Å². The van der Waals surface area contributed by atoms with Crippen LogP contribution in [0.2, 0.25) is 0 Å². The molecule has 0 radical (unpaired) electrons. The Morgan fingerprint density at radius 2 is 1.58 bits per heavy atom. The first kappa shape index (κ1) is 21.2. The van der Waals surface area contributed by atoms with Gasteiger partial charge < -0.3 is 4.57 Å². The van der Waals surface area contributed by atoms with Gasteiger partial charge in [-0.3, -0.25) is 14.5 Å². The monoisotopic (exact) mass is 430 g/mol. The smallest absolute Gasteiger partial charge is 0.293 e. The average Bonchev–Trinajstić information content (AvgIpc) is 3.11. The third-order valence-electron chi connectivity index (χ3n) is 5.52. The molecular weight excluding hydrogens is 404 g/mol. The molecule has 0 bridgehead atoms. The third-order valence-corrected chi connectivity index (χ3v) is 6.43. The summed E-state index contributed by atoms with van der Waals surface area (Å²) in [6.07, 6.45) is 1.85. The minimum absolute atomic E-state index is 0.221. The lowest BCUT2D eigenvalue weighted by Gasteiger charge is -2.13. The van der Waals surface area contributed by atoms with Crippen LogP contribution in [0, 0.1) is 34.6 Å². The van der Waals surface area contributed by atoms with E-state index in [1.165, 1.54) is 16.0 Å². The number of rotatable bonds is 4. The van der Waals surface area contributed by atoms with Crippen LogP contribution >= 0.6 is 11.8 Å². The van der Waals surface area contributed by atoms with Gasteiger partial charge in [0.15, 0.2) is 0 Å². The SMILES string of the molecule is Cc1cccc(CN2C(=O)S/C(=C\c3cc(C)n(-c4cc(C)cc(C)c4)c3C)C2=O)c1. The van der Waals surface area contributed by atoms with Crippen molar-refractivity contribution >= 4 is 29.0 Å². The molecule has 0 N–H and O–H groups in total. The van der Waals surface area contributed by atoms with Crippen LogP contribution in [0.4, 0.5) is 4.79 Å². The second-order valence-electron chi connectivity index (χ2n) is 8.26. The molecule has 2 amide bonds. The van der Waals surface area contributed by atoms with E-state index in [9.17, 15) is 9.59 Å². The van der Waals surface area contributed by atoms with E-state index >= 15 is 0 Å². The molecule has 2 aromatic carbocycles. The number of hydrogen-bond acceptors (Lipinski definition) is 3. The van der Waals surface area contributed by atoms with E-state index in [1.807, 2.05) is 44.2 Å². The summed E-state index contributed by atoms with van der Waals surface area (Å²) in [6.45, 7) is 10.6. The van der Waals surface area contributed by atoms with Crippen molar-refractivity contribution in [1.82, 2.24) is 9.47 Å². The number of amides is 2. The van der Waals surface area contributed by atoms with Crippen molar-refractivity contribution in [2.45, 2.75) is 41.2 Å². The first-order valence-electron chi connectivity index (χ1n) is 10.3. The lowest BCUT2D eigenvalue weighted by atomic mass is 10.1. The molecule has 4 rings (SSSR count). The fourth-order valence-electron chi connectivity index (χ4n) is 4.18. The highest BCUT2D eigenvalue weighted by atomic mass is 32.2. The van der Waals surface area contributed by atoms with Crippen LogP contribution < -0.4 is 0 Å². The van der Waals surface area contributed by atoms with Crippen molar-refractivity contribution in [2.75, 3.05) is 0 Å². The second kappa shape index (κ2) is 8.23. The van der Waals surface area contributed by atoms with Gasteiger partial charge in [0.25, 0.3) is 11.1 Å². The summed E-state index contributed by atoms with van der Waals surface area (Å²) in [6, 6.07) is 16.4. The van der Waals surface area contributed by atoms with Crippen molar-refractivity contribution in [1.29, 1.82) is 0 Å². The van der Waals surface area contributed by atoms with Gasteiger partial charge in [0, 0.05) is 17.1 Å². The molecule has 0 aliphatic carbocycles. The van der Waals surface area contributed by atoms with Crippen LogP contribution in [0.3, 0.4) is 0 Å². The molecule has 1 aliphatic heterocycles. The largest absolute Gasteiger partial charge is 0.318 e. The number of thioether (sulfide) groups is 1. The molecule has 0 spiro atoms. The summed E-state index contributed by atoms with van der Waals surface area (Å²) in [5.74, 6) is -0.229. The molecule has 0 atom stereocenters. The summed E-state index contributed by atoms with van der Waals surface area (Å²) in [4.78, 5) is 27.3. The molecule has 4 nitrogen and oxygen atoms in total. The fraction of sp³-hybridized carbons (Fsp3) is 0.231. The Balaban J connectivity index is 1.65. The maximum atomic E-state index is 13.0. The highest BCUT2D eigenvalue weighted by Gasteiger charge is 2.35. The minimum Gasteiger partial charge on any atom is -0.318 e. The Hall–Kier alpha value is -3.05. The number of carbonyl (C=O) groups excluding carboxylic acids is 2. The fourth-order valence-corrected chi connectivity index (χ4v) is 5.01. The van der Waals surface area contributed by atoms with Gasteiger partial charge in [-0.05, 0) is 92.9 Å². The van der Waals surface area contributed by atoms with Gasteiger partial charge >= 0.3 is 0 Å². The van der Waals surface area contributed by atoms with Crippen LogP contribution in [0.1, 0.15) is 39.2 Å². The van der Waals surface area contributed by atoms with Crippen LogP contribution in [0.25, 0.3) is 11.8 Å². The van der Waals surface area contributed by atoms with E-state index in [1.54, 1.807) is 0 Å². The number of aromatic nitrogens is 1. The molecule has 158 valence electrons. The quantitative estimate of drug-likeness (QED) is 0.459. The van der Waals surface area contributed by atoms with Crippen molar-refractivity contribution in [2.24, 2.45) is 0 Å². The lowest BCUT2D eigenvalue weighted by molar-refractivity contribution is -0.123. The highest BCUT2D eigenvalue weighted by Crippen LogP contribution is 2.35. The normalized spacial score (nSPS) is 15.4. The summed E-state index contributed by atoms with van der Waals surface area (Å²) >= 11 is 1.01. The zero-order chi connectivity index (χ0) is 22.3. The highest BCUT2D eigenvalue weighted by molar-refractivity contribution is 8.18. The van der Waals surface area contributed by atoms with Crippen molar-refractivity contribution in [3.05, 3.63) is 92.6 Å². The van der Waals surface area contributed by atoms with E-state index in [0.717, 1.165) is 45.5 Å². The molecular formula is C26H26N2O2S. The number of benzene rings is 2. The van der Waals surface area contributed by atoms with E-state index in [0.29, 0.717) is 11.4 Å². The topological polar surface area (TPSA) is 42.3 Å². The molecule has 1 aromatic heterocycles. The maximum Gasteiger partial charge on any atom is 0.293 e. The van der Waals surface area contributed by atoms with Gasteiger partial charge in [-0.1, -0.05) is 35.9 Å². The van der Waals surface area contributed by atoms with Gasteiger partial charge in [-0.2, -0.15) is 0 Å². The Morgan fingerprint density at radius 3 is 2.26 bits per heavy atom. The molecule has 0 unspecified atom stereocenters. The molecule has 1 fully saturated rings. The predicted octanol–water partition coefficient (Wildman–Crippen LogP) is 6.26. The molecule has 3 aromatic rings. The summed E-state index contributed by atoms with van der Waals surface area (Å²) in [7, 11) is 0. The molecule has 31 heavy (non-hydrogen) atoms. The Bertz CT molecular complexity index is 1220. The lowest BCUT2D eigenvalue weighted by Crippen LogP contribution is -2.27. The number of hydrogen-bond donors (Lipinski definition) is 0.